The first-order chi connectivity index (χ1) is 12.1. The van der Waals surface area contributed by atoms with Crippen LogP contribution in [0.3, 0.4) is 0 Å². The van der Waals surface area contributed by atoms with Gasteiger partial charge >= 0.3 is 0 Å². The Kier molecular flexibility index (Phi) is 3.96. The predicted octanol–water partition coefficient (Wildman–Crippen LogP) is 1.37. The molecule has 1 aromatic carbocycles. The number of halogens is 1. The Hall–Kier alpha value is -2.74. The zero-order chi connectivity index (χ0) is 17.4. The number of hydrogen-bond acceptors (Lipinski definition) is 6. The molecule has 0 radical (unpaired) electrons. The maximum absolute atomic E-state index is 12.6. The number of aromatic nitrogens is 5. The fourth-order valence-electron chi connectivity index (χ4n) is 2.97. The monoisotopic (exact) mass is 357 g/mol. The van der Waals surface area contributed by atoms with Gasteiger partial charge in [-0.05, 0) is 24.3 Å². The number of nitrogens with zero attached hydrogens (tertiary/aromatic N) is 7. The molecular formula is C16H16ClN7O. The normalized spacial score (nSPS) is 15.0. The summed E-state index contributed by atoms with van der Waals surface area (Å²) in [7, 11) is 1.80. The molecule has 0 aliphatic carbocycles. The molecule has 0 bridgehead atoms. The van der Waals surface area contributed by atoms with Gasteiger partial charge in [0.05, 0.1) is 0 Å². The molecule has 1 amide bonds. The van der Waals surface area contributed by atoms with Crippen molar-refractivity contribution in [3.05, 3.63) is 41.2 Å². The molecule has 0 unspecified atom stereocenters. The topological polar surface area (TPSA) is 80.0 Å². The highest BCUT2D eigenvalue weighted by Crippen LogP contribution is 2.22. The third kappa shape index (κ3) is 2.89. The quantitative estimate of drug-likeness (QED) is 0.689. The van der Waals surface area contributed by atoms with E-state index in [0.29, 0.717) is 47.9 Å². The van der Waals surface area contributed by atoms with Crippen LogP contribution < -0.4 is 4.90 Å². The van der Waals surface area contributed by atoms with Crippen molar-refractivity contribution in [3.8, 4) is 0 Å². The molecule has 0 atom stereocenters. The second-order valence-corrected chi connectivity index (χ2v) is 6.31. The molecule has 1 aliphatic heterocycles. The van der Waals surface area contributed by atoms with Crippen LogP contribution in [0.25, 0.3) is 11.2 Å². The lowest BCUT2D eigenvalue weighted by Crippen LogP contribution is -2.49. The Morgan fingerprint density at radius 2 is 1.80 bits per heavy atom. The average Bonchev–Trinajstić information content (AvgIpc) is 3.03. The molecule has 9 heteroatoms. The van der Waals surface area contributed by atoms with Crippen molar-refractivity contribution < 1.29 is 4.79 Å². The summed E-state index contributed by atoms with van der Waals surface area (Å²) in [5, 5.41) is 8.78. The van der Waals surface area contributed by atoms with Gasteiger partial charge in [-0.3, -0.25) is 4.79 Å². The summed E-state index contributed by atoms with van der Waals surface area (Å²) in [6.07, 6.45) is 1.52. The Bertz CT molecular complexity index is 916. The SMILES string of the molecule is Cn1nnc2c(N3CCN(C(=O)c4ccc(Cl)cc4)CC3)ncnc21. The van der Waals surface area contributed by atoms with Crippen molar-refractivity contribution in [2.45, 2.75) is 0 Å². The zero-order valence-electron chi connectivity index (χ0n) is 13.6. The minimum absolute atomic E-state index is 0.0173. The molecule has 8 nitrogen and oxygen atoms in total. The number of aryl methyl sites for hydroxylation is 1. The number of benzene rings is 1. The number of anilines is 1. The summed E-state index contributed by atoms with van der Waals surface area (Å²) < 4.78 is 1.63. The van der Waals surface area contributed by atoms with E-state index >= 15 is 0 Å². The molecule has 1 fully saturated rings. The summed E-state index contributed by atoms with van der Waals surface area (Å²) in [6.45, 7) is 2.60. The van der Waals surface area contributed by atoms with Crippen LogP contribution >= 0.6 is 11.6 Å². The number of amides is 1. The van der Waals surface area contributed by atoms with Crippen LogP contribution in [-0.4, -0.2) is 61.9 Å². The van der Waals surface area contributed by atoms with Crippen molar-refractivity contribution >= 4 is 34.5 Å². The summed E-state index contributed by atoms with van der Waals surface area (Å²) >= 11 is 5.88. The molecule has 2 aromatic heterocycles. The van der Waals surface area contributed by atoms with Gasteiger partial charge in [0.2, 0.25) is 0 Å². The van der Waals surface area contributed by atoms with Crippen LogP contribution in [0.5, 0.6) is 0 Å². The van der Waals surface area contributed by atoms with Gasteiger partial charge < -0.3 is 9.80 Å². The van der Waals surface area contributed by atoms with Crippen molar-refractivity contribution in [1.29, 1.82) is 0 Å². The highest BCUT2D eigenvalue weighted by Gasteiger charge is 2.25. The summed E-state index contributed by atoms with van der Waals surface area (Å²) in [5.74, 6) is 0.778. The lowest BCUT2D eigenvalue weighted by Gasteiger charge is -2.35. The fraction of sp³-hybridized carbons (Fsp3) is 0.312. The van der Waals surface area contributed by atoms with E-state index in [1.54, 1.807) is 36.0 Å². The van der Waals surface area contributed by atoms with Gasteiger partial charge in [-0.2, -0.15) is 0 Å². The van der Waals surface area contributed by atoms with Crippen molar-refractivity contribution in [1.82, 2.24) is 29.9 Å². The largest absolute Gasteiger partial charge is 0.351 e. The van der Waals surface area contributed by atoms with Gasteiger partial charge in [0, 0.05) is 43.8 Å². The van der Waals surface area contributed by atoms with Crippen LogP contribution in [-0.2, 0) is 7.05 Å². The van der Waals surface area contributed by atoms with Crippen molar-refractivity contribution in [3.63, 3.8) is 0 Å². The van der Waals surface area contributed by atoms with E-state index in [-0.39, 0.29) is 5.91 Å². The van der Waals surface area contributed by atoms with Gasteiger partial charge in [-0.1, -0.05) is 16.8 Å². The smallest absolute Gasteiger partial charge is 0.253 e. The Morgan fingerprint density at radius 3 is 2.52 bits per heavy atom. The van der Waals surface area contributed by atoms with Crippen molar-refractivity contribution in [2.24, 2.45) is 7.05 Å². The molecular weight excluding hydrogens is 342 g/mol. The fourth-order valence-corrected chi connectivity index (χ4v) is 3.09. The maximum Gasteiger partial charge on any atom is 0.253 e. The minimum Gasteiger partial charge on any atom is -0.351 e. The number of rotatable bonds is 2. The number of hydrogen-bond donors (Lipinski definition) is 0. The van der Waals surface area contributed by atoms with Crippen LogP contribution in [0.4, 0.5) is 5.82 Å². The second kappa shape index (κ2) is 6.29. The highest BCUT2D eigenvalue weighted by atomic mass is 35.5. The Labute approximate surface area is 149 Å². The number of carbonyl (C=O) groups is 1. The van der Waals surface area contributed by atoms with E-state index in [2.05, 4.69) is 25.2 Å². The van der Waals surface area contributed by atoms with Crippen LogP contribution in [0.1, 0.15) is 10.4 Å². The molecule has 4 rings (SSSR count). The number of carbonyl (C=O) groups excluding carboxylic acids is 1. The molecule has 128 valence electrons. The molecule has 3 heterocycles. The first-order valence-electron chi connectivity index (χ1n) is 7.93. The molecule has 0 saturated carbocycles. The summed E-state index contributed by atoms with van der Waals surface area (Å²) in [4.78, 5) is 25.1. The highest BCUT2D eigenvalue weighted by molar-refractivity contribution is 6.30. The van der Waals surface area contributed by atoms with Gasteiger partial charge in [-0.15, -0.1) is 5.10 Å². The van der Waals surface area contributed by atoms with E-state index in [1.165, 1.54) is 6.33 Å². The molecule has 3 aromatic rings. The third-order valence-corrected chi connectivity index (χ3v) is 4.58. The number of piperazine rings is 1. The van der Waals surface area contributed by atoms with Gasteiger partial charge in [-0.25, -0.2) is 14.6 Å². The zero-order valence-corrected chi connectivity index (χ0v) is 14.4. The molecule has 1 aliphatic rings. The molecule has 0 spiro atoms. The summed E-state index contributed by atoms with van der Waals surface area (Å²) in [6, 6.07) is 6.97. The summed E-state index contributed by atoms with van der Waals surface area (Å²) in [5.41, 5.74) is 2.03. The first-order valence-corrected chi connectivity index (χ1v) is 8.31. The van der Waals surface area contributed by atoms with E-state index in [4.69, 9.17) is 11.6 Å². The van der Waals surface area contributed by atoms with E-state index in [1.807, 2.05) is 4.90 Å². The standard InChI is InChI=1S/C16H16ClN7O/c1-22-14-13(20-21-22)15(19-10-18-14)23-6-8-24(9-7-23)16(25)11-2-4-12(17)5-3-11/h2-5,10H,6-9H2,1H3. The average molecular weight is 358 g/mol. The minimum atomic E-state index is 0.0173. The lowest BCUT2D eigenvalue weighted by molar-refractivity contribution is 0.0746. The van der Waals surface area contributed by atoms with Crippen molar-refractivity contribution in [2.75, 3.05) is 31.1 Å². The first kappa shape index (κ1) is 15.8. The van der Waals surface area contributed by atoms with E-state index < -0.39 is 0 Å². The van der Waals surface area contributed by atoms with Gasteiger partial charge in [0.25, 0.3) is 5.91 Å². The number of fused-ring (bicyclic) bond motifs is 1. The maximum atomic E-state index is 12.6. The van der Waals surface area contributed by atoms with Crippen LogP contribution in [0.2, 0.25) is 5.02 Å². The Morgan fingerprint density at radius 1 is 1.08 bits per heavy atom. The van der Waals surface area contributed by atoms with Gasteiger partial charge in [0.15, 0.2) is 17.0 Å². The van der Waals surface area contributed by atoms with E-state index in [0.717, 1.165) is 5.82 Å². The predicted molar refractivity (Wildman–Crippen MR) is 93.7 cm³/mol. The van der Waals surface area contributed by atoms with E-state index in [9.17, 15) is 4.79 Å². The Balaban J connectivity index is 1.49. The molecule has 1 saturated heterocycles. The van der Waals surface area contributed by atoms with Crippen LogP contribution in [0.15, 0.2) is 30.6 Å². The third-order valence-electron chi connectivity index (χ3n) is 4.33. The second-order valence-electron chi connectivity index (χ2n) is 5.87. The molecule has 25 heavy (non-hydrogen) atoms. The lowest BCUT2D eigenvalue weighted by atomic mass is 10.2. The van der Waals surface area contributed by atoms with Crippen LogP contribution in [0, 0.1) is 0 Å². The van der Waals surface area contributed by atoms with Gasteiger partial charge in [0.1, 0.15) is 6.33 Å². The molecule has 0 N–H and O–H groups in total.